The van der Waals surface area contributed by atoms with Crippen molar-refractivity contribution in [1.82, 2.24) is 4.90 Å². The zero-order valence-electron chi connectivity index (χ0n) is 25.2. The summed E-state index contributed by atoms with van der Waals surface area (Å²) in [6.07, 6.45) is 8.99. The molecule has 8 nitrogen and oxygen atoms in total. The first-order valence-electron chi connectivity index (χ1n) is 15.6. The maximum atomic E-state index is 14.7. The number of carbonyl (C=O) groups excluding carboxylic acids is 3. The molecule has 5 rings (SSSR count). The molecule has 2 unspecified atom stereocenters. The molecule has 0 radical (unpaired) electrons. The highest BCUT2D eigenvalue weighted by Gasteiger charge is 2.78. The van der Waals surface area contributed by atoms with Crippen LogP contribution in [-0.4, -0.2) is 71.3 Å². The highest BCUT2D eigenvalue weighted by molar-refractivity contribution is 6.05. The average molecular weight is 589 g/mol. The van der Waals surface area contributed by atoms with Gasteiger partial charge < -0.3 is 24.4 Å². The lowest BCUT2D eigenvalue weighted by atomic mass is 9.66. The predicted octanol–water partition coefficient (Wildman–Crippen LogP) is 5.19. The number of esters is 1. The summed E-state index contributed by atoms with van der Waals surface area (Å²) < 4.78 is 12.5. The van der Waals surface area contributed by atoms with Gasteiger partial charge in [-0.3, -0.25) is 14.4 Å². The highest BCUT2D eigenvalue weighted by atomic mass is 16.6. The Bertz CT molecular complexity index is 1380. The molecule has 230 valence electrons. The number of hydrogen-bond acceptors (Lipinski definition) is 6. The molecule has 0 aliphatic carbocycles. The molecule has 3 aliphatic heterocycles. The van der Waals surface area contributed by atoms with Gasteiger partial charge in [-0.2, -0.15) is 0 Å². The molecule has 3 saturated heterocycles. The standard InChI is InChI=1S/C35H44N2O6/c1-4-6-7-13-23-42-33(41)29-28-31(39)37(21-11-8-12-22-38)30(35(28)19-18-34(29,3)43-35)32(40)36(20-5-2)27-17-16-25-14-9-10-15-26(25)24-27/h4-5,9-10,14-17,24,28-30,38H,1-2,6-8,11-13,18-23H2,3H3/t28-,29+,30?,34-,35?/m0/s1. The number of unbranched alkanes of at least 4 members (excludes halogenated alkanes) is 4. The number of aliphatic hydroxyl groups excluding tert-OH is 1. The molecule has 8 heteroatoms. The van der Waals surface area contributed by atoms with E-state index in [-0.39, 0.29) is 31.6 Å². The summed E-state index contributed by atoms with van der Waals surface area (Å²) in [5.74, 6) is -2.46. The zero-order valence-corrected chi connectivity index (χ0v) is 25.2. The van der Waals surface area contributed by atoms with Crippen molar-refractivity contribution in [3.8, 4) is 0 Å². The number of allylic oxidation sites excluding steroid dienone is 1. The lowest BCUT2D eigenvalue weighted by Crippen LogP contribution is -2.56. The Kier molecular flexibility index (Phi) is 9.37. The van der Waals surface area contributed by atoms with Crippen LogP contribution in [0.15, 0.2) is 67.8 Å². The van der Waals surface area contributed by atoms with Gasteiger partial charge in [0.2, 0.25) is 5.91 Å². The van der Waals surface area contributed by atoms with Crippen LogP contribution in [0.5, 0.6) is 0 Å². The monoisotopic (exact) mass is 588 g/mol. The molecule has 2 bridgehead atoms. The van der Waals surface area contributed by atoms with E-state index in [1.807, 2.05) is 55.5 Å². The second-order valence-corrected chi connectivity index (χ2v) is 12.3. The van der Waals surface area contributed by atoms with Crippen molar-refractivity contribution >= 4 is 34.2 Å². The Balaban J connectivity index is 1.49. The van der Waals surface area contributed by atoms with Crippen LogP contribution < -0.4 is 4.90 Å². The largest absolute Gasteiger partial charge is 0.465 e. The third kappa shape index (κ3) is 5.63. The third-order valence-corrected chi connectivity index (χ3v) is 9.49. The second kappa shape index (κ2) is 13.0. The van der Waals surface area contributed by atoms with Crippen molar-refractivity contribution in [2.24, 2.45) is 11.8 Å². The quantitative estimate of drug-likeness (QED) is 0.175. The topological polar surface area (TPSA) is 96.4 Å². The fraction of sp³-hybridized carbons (Fsp3) is 0.514. The van der Waals surface area contributed by atoms with Crippen LogP contribution in [0.3, 0.4) is 0 Å². The van der Waals surface area contributed by atoms with Crippen molar-refractivity contribution < 1.29 is 29.0 Å². The van der Waals surface area contributed by atoms with Gasteiger partial charge in [-0.1, -0.05) is 42.5 Å². The van der Waals surface area contributed by atoms with Gasteiger partial charge in [-0.25, -0.2) is 0 Å². The van der Waals surface area contributed by atoms with E-state index in [0.29, 0.717) is 50.8 Å². The number of rotatable bonds is 15. The fourth-order valence-electron chi connectivity index (χ4n) is 7.47. The molecule has 43 heavy (non-hydrogen) atoms. The van der Waals surface area contributed by atoms with Gasteiger partial charge in [0, 0.05) is 25.4 Å². The van der Waals surface area contributed by atoms with Crippen LogP contribution >= 0.6 is 0 Å². The molecule has 3 aliphatic rings. The lowest BCUT2D eigenvalue weighted by molar-refractivity contribution is -0.159. The summed E-state index contributed by atoms with van der Waals surface area (Å²) >= 11 is 0. The highest BCUT2D eigenvalue weighted by Crippen LogP contribution is 2.63. The zero-order chi connectivity index (χ0) is 30.6. The number of likely N-dealkylation sites (tertiary alicyclic amines) is 1. The summed E-state index contributed by atoms with van der Waals surface area (Å²) in [6, 6.07) is 13.0. The number of nitrogens with zero attached hydrogens (tertiary/aromatic N) is 2. The van der Waals surface area contributed by atoms with E-state index < -0.39 is 35.0 Å². The predicted molar refractivity (Wildman–Crippen MR) is 166 cm³/mol. The van der Waals surface area contributed by atoms with Crippen molar-refractivity contribution in [1.29, 1.82) is 0 Å². The molecule has 0 saturated carbocycles. The molecule has 2 aromatic rings. The molecule has 2 amide bonds. The van der Waals surface area contributed by atoms with E-state index in [1.54, 1.807) is 15.9 Å². The van der Waals surface area contributed by atoms with Crippen molar-refractivity contribution in [3.63, 3.8) is 0 Å². The minimum atomic E-state index is -1.12. The molecule has 3 fully saturated rings. The van der Waals surface area contributed by atoms with Crippen LogP contribution in [0.4, 0.5) is 5.69 Å². The molecule has 5 atom stereocenters. The molecule has 2 aromatic carbocycles. The number of ether oxygens (including phenoxy) is 2. The molecule has 3 heterocycles. The number of benzene rings is 2. The fourth-order valence-corrected chi connectivity index (χ4v) is 7.47. The number of amides is 2. The van der Waals surface area contributed by atoms with E-state index in [0.717, 1.165) is 23.6 Å². The minimum absolute atomic E-state index is 0.0696. The summed E-state index contributed by atoms with van der Waals surface area (Å²) in [5, 5.41) is 11.4. The van der Waals surface area contributed by atoms with Gasteiger partial charge in [0.25, 0.3) is 5.91 Å². The SMILES string of the molecule is C=CCCCCOC(=O)[C@H]1[C@H]2C(=O)N(CCCCCO)C(C(=O)N(CC=C)c3ccc4ccccc4c3)C23CC[C@]1(C)O3. The molecular formula is C35H44N2O6. The number of carbonyl (C=O) groups is 3. The van der Waals surface area contributed by atoms with Gasteiger partial charge in [0.1, 0.15) is 17.6 Å². The smallest absolute Gasteiger partial charge is 0.312 e. The van der Waals surface area contributed by atoms with E-state index in [4.69, 9.17) is 9.47 Å². The van der Waals surface area contributed by atoms with Gasteiger partial charge in [0.15, 0.2) is 0 Å². The summed E-state index contributed by atoms with van der Waals surface area (Å²) in [4.78, 5) is 46.0. The molecular weight excluding hydrogens is 544 g/mol. The van der Waals surface area contributed by atoms with Crippen LogP contribution in [0.25, 0.3) is 10.8 Å². The van der Waals surface area contributed by atoms with Gasteiger partial charge in [-0.05, 0) is 81.2 Å². The van der Waals surface area contributed by atoms with Crippen LogP contribution in [0, 0.1) is 11.8 Å². The van der Waals surface area contributed by atoms with Crippen LogP contribution in [0.2, 0.25) is 0 Å². The Morgan fingerprint density at radius 1 is 1.07 bits per heavy atom. The van der Waals surface area contributed by atoms with Crippen LogP contribution in [-0.2, 0) is 23.9 Å². The van der Waals surface area contributed by atoms with Gasteiger partial charge in [-0.15, -0.1) is 13.2 Å². The van der Waals surface area contributed by atoms with E-state index in [1.165, 1.54) is 0 Å². The van der Waals surface area contributed by atoms with E-state index >= 15 is 0 Å². The Morgan fingerprint density at radius 2 is 1.86 bits per heavy atom. The van der Waals surface area contributed by atoms with Crippen molar-refractivity contribution in [2.75, 3.05) is 31.2 Å². The minimum Gasteiger partial charge on any atom is -0.465 e. The first-order chi connectivity index (χ1) is 20.8. The first kappa shape index (κ1) is 31.0. The normalized spacial score (nSPS) is 27.3. The Morgan fingerprint density at radius 3 is 2.60 bits per heavy atom. The summed E-state index contributed by atoms with van der Waals surface area (Å²) in [6.45, 7) is 10.5. The third-order valence-electron chi connectivity index (χ3n) is 9.49. The number of hydrogen-bond donors (Lipinski definition) is 1. The van der Waals surface area contributed by atoms with Gasteiger partial charge in [0.05, 0.1) is 18.1 Å². The maximum absolute atomic E-state index is 14.7. The number of aliphatic hydroxyl groups is 1. The summed E-state index contributed by atoms with van der Waals surface area (Å²) in [7, 11) is 0. The number of anilines is 1. The van der Waals surface area contributed by atoms with Gasteiger partial charge >= 0.3 is 5.97 Å². The van der Waals surface area contributed by atoms with Crippen molar-refractivity contribution in [2.45, 2.75) is 75.5 Å². The van der Waals surface area contributed by atoms with E-state index in [9.17, 15) is 19.5 Å². The molecule has 0 aromatic heterocycles. The number of fused-ring (bicyclic) bond motifs is 2. The van der Waals surface area contributed by atoms with E-state index in [2.05, 4.69) is 13.2 Å². The second-order valence-electron chi connectivity index (χ2n) is 12.3. The average Bonchev–Trinajstić information content (AvgIpc) is 3.57. The molecule has 1 N–H and O–H groups in total. The van der Waals surface area contributed by atoms with Crippen LogP contribution in [0.1, 0.15) is 58.3 Å². The molecule has 1 spiro atoms. The lowest BCUT2D eigenvalue weighted by Gasteiger charge is -2.37. The summed E-state index contributed by atoms with van der Waals surface area (Å²) in [5.41, 5.74) is -1.29. The van der Waals surface area contributed by atoms with Crippen molar-refractivity contribution in [3.05, 3.63) is 67.8 Å². The first-order valence-corrected chi connectivity index (χ1v) is 15.6. The Hall–Kier alpha value is -3.49. The Labute approximate surface area is 254 Å². The maximum Gasteiger partial charge on any atom is 0.312 e.